The van der Waals surface area contributed by atoms with E-state index in [0.29, 0.717) is 5.54 Å². The fourth-order valence-corrected chi connectivity index (χ4v) is 6.28. The molecule has 5 aliphatic rings. The van der Waals surface area contributed by atoms with Gasteiger partial charge in [0, 0.05) is 31.7 Å². The molecule has 0 unspecified atom stereocenters. The van der Waals surface area contributed by atoms with Gasteiger partial charge in [0.2, 0.25) is 0 Å². The summed E-state index contributed by atoms with van der Waals surface area (Å²) in [5.74, 6) is 3.29. The van der Waals surface area contributed by atoms with E-state index < -0.39 is 0 Å². The fourth-order valence-electron chi connectivity index (χ4n) is 6.28. The molecule has 5 rings (SSSR count). The molecule has 4 aliphatic carbocycles. The summed E-state index contributed by atoms with van der Waals surface area (Å²) in [6.07, 6.45) is 12.1. The van der Waals surface area contributed by atoms with Crippen LogP contribution in [0.25, 0.3) is 0 Å². The topological polar surface area (TPSA) is 6.48 Å². The molecular formula is C18H32N2. The molecule has 4 bridgehead atoms. The molecule has 1 saturated heterocycles. The molecule has 0 aromatic rings. The van der Waals surface area contributed by atoms with Crippen molar-refractivity contribution in [2.24, 2.45) is 17.8 Å². The van der Waals surface area contributed by atoms with Gasteiger partial charge in [0.25, 0.3) is 0 Å². The standard InChI is InChI=1S/C18H32N2/c1-2-3-4-19-5-7-20(8-6-19)18-12-15-9-16(13-18)11-17(10-15)14-18/h15-17H,2-14H2,1H3. The number of hydrogen-bond donors (Lipinski definition) is 0. The van der Waals surface area contributed by atoms with Gasteiger partial charge in [-0.25, -0.2) is 0 Å². The molecule has 0 aromatic carbocycles. The second-order valence-corrected chi connectivity index (χ2v) is 8.32. The zero-order valence-electron chi connectivity index (χ0n) is 13.3. The minimum Gasteiger partial charge on any atom is -0.301 e. The summed E-state index contributed by atoms with van der Waals surface area (Å²) in [4.78, 5) is 5.65. The summed E-state index contributed by atoms with van der Waals surface area (Å²) in [6, 6.07) is 0. The van der Waals surface area contributed by atoms with Gasteiger partial charge in [0.15, 0.2) is 0 Å². The van der Waals surface area contributed by atoms with Crippen LogP contribution in [0.2, 0.25) is 0 Å². The molecule has 0 N–H and O–H groups in total. The molecule has 0 amide bonds. The first-order chi connectivity index (χ1) is 9.77. The summed E-state index contributed by atoms with van der Waals surface area (Å²) >= 11 is 0. The van der Waals surface area contributed by atoms with Crippen LogP contribution in [0.3, 0.4) is 0 Å². The third-order valence-electron chi connectivity index (χ3n) is 6.88. The SMILES string of the molecule is CCCCN1CCN(C23CC4CC(CC(C4)C2)C3)CC1. The Morgan fingerprint density at radius 2 is 1.40 bits per heavy atom. The van der Waals surface area contributed by atoms with Gasteiger partial charge in [-0.3, -0.25) is 4.90 Å². The van der Waals surface area contributed by atoms with E-state index in [0.717, 1.165) is 17.8 Å². The maximum atomic E-state index is 2.94. The van der Waals surface area contributed by atoms with Gasteiger partial charge in [-0.2, -0.15) is 0 Å². The minimum absolute atomic E-state index is 0.658. The molecule has 4 saturated carbocycles. The van der Waals surface area contributed by atoms with Gasteiger partial charge in [-0.05, 0) is 69.2 Å². The van der Waals surface area contributed by atoms with Crippen LogP contribution in [0.1, 0.15) is 58.3 Å². The van der Waals surface area contributed by atoms with Crippen molar-refractivity contribution in [3.05, 3.63) is 0 Å². The first-order valence-electron chi connectivity index (χ1n) is 9.25. The lowest BCUT2D eigenvalue weighted by Crippen LogP contribution is -2.63. The zero-order chi connectivity index (χ0) is 13.6. The smallest absolute Gasteiger partial charge is 0.0218 e. The van der Waals surface area contributed by atoms with E-state index >= 15 is 0 Å². The lowest BCUT2D eigenvalue weighted by Gasteiger charge is -2.61. The quantitative estimate of drug-likeness (QED) is 0.777. The number of nitrogens with zero attached hydrogens (tertiary/aromatic N) is 2. The Morgan fingerprint density at radius 3 is 1.90 bits per heavy atom. The molecule has 5 fully saturated rings. The van der Waals surface area contributed by atoms with Gasteiger partial charge in [0.1, 0.15) is 0 Å². The summed E-state index contributed by atoms with van der Waals surface area (Å²) in [6.45, 7) is 9.03. The predicted molar refractivity (Wildman–Crippen MR) is 83.8 cm³/mol. The number of hydrogen-bond acceptors (Lipinski definition) is 2. The summed E-state index contributed by atoms with van der Waals surface area (Å²) < 4.78 is 0. The fraction of sp³-hybridized carbons (Fsp3) is 1.00. The van der Waals surface area contributed by atoms with Crippen LogP contribution in [-0.4, -0.2) is 48.1 Å². The molecule has 2 heteroatoms. The summed E-state index contributed by atoms with van der Waals surface area (Å²) in [7, 11) is 0. The van der Waals surface area contributed by atoms with Gasteiger partial charge in [-0.15, -0.1) is 0 Å². The Hall–Kier alpha value is -0.0800. The van der Waals surface area contributed by atoms with Crippen LogP contribution in [0.4, 0.5) is 0 Å². The number of rotatable bonds is 4. The summed E-state index contributed by atoms with van der Waals surface area (Å²) in [5.41, 5.74) is 0.658. The van der Waals surface area contributed by atoms with E-state index in [-0.39, 0.29) is 0 Å². The molecule has 0 radical (unpaired) electrons. The maximum Gasteiger partial charge on any atom is 0.0218 e. The van der Waals surface area contributed by atoms with Crippen LogP contribution in [0.5, 0.6) is 0 Å². The number of unbranched alkanes of at least 4 members (excludes halogenated alkanes) is 1. The normalized spacial score (nSPS) is 45.1. The molecular weight excluding hydrogens is 244 g/mol. The third-order valence-corrected chi connectivity index (χ3v) is 6.88. The van der Waals surface area contributed by atoms with Crippen LogP contribution in [0.15, 0.2) is 0 Å². The highest BCUT2D eigenvalue weighted by Crippen LogP contribution is 2.57. The van der Waals surface area contributed by atoms with Crippen molar-refractivity contribution >= 4 is 0 Å². The van der Waals surface area contributed by atoms with Gasteiger partial charge in [0.05, 0.1) is 0 Å². The average molecular weight is 276 g/mol. The molecule has 0 aromatic heterocycles. The van der Waals surface area contributed by atoms with Gasteiger partial charge < -0.3 is 4.90 Å². The van der Waals surface area contributed by atoms with Crippen LogP contribution < -0.4 is 0 Å². The van der Waals surface area contributed by atoms with Crippen LogP contribution in [-0.2, 0) is 0 Å². The van der Waals surface area contributed by atoms with E-state index in [1.807, 2.05) is 0 Å². The van der Waals surface area contributed by atoms with Crippen molar-refractivity contribution in [1.82, 2.24) is 9.80 Å². The maximum absolute atomic E-state index is 2.94. The lowest BCUT2D eigenvalue weighted by atomic mass is 9.52. The third kappa shape index (κ3) is 2.33. The van der Waals surface area contributed by atoms with Crippen molar-refractivity contribution < 1.29 is 0 Å². The Morgan fingerprint density at radius 1 is 0.850 bits per heavy atom. The Labute approximate surface area is 124 Å². The summed E-state index contributed by atoms with van der Waals surface area (Å²) in [5, 5.41) is 0. The monoisotopic (exact) mass is 276 g/mol. The average Bonchev–Trinajstić information content (AvgIpc) is 2.44. The Bertz CT molecular complexity index is 308. The highest BCUT2D eigenvalue weighted by molar-refractivity contribution is 5.08. The first-order valence-corrected chi connectivity index (χ1v) is 9.25. The van der Waals surface area contributed by atoms with Crippen LogP contribution in [0, 0.1) is 17.8 Å². The highest BCUT2D eigenvalue weighted by Gasteiger charge is 2.53. The first kappa shape index (κ1) is 13.6. The zero-order valence-corrected chi connectivity index (χ0v) is 13.3. The van der Waals surface area contributed by atoms with Crippen molar-refractivity contribution in [3.8, 4) is 0 Å². The lowest BCUT2D eigenvalue weighted by molar-refractivity contribution is -0.101. The molecule has 1 heterocycles. The molecule has 114 valence electrons. The Balaban J connectivity index is 1.39. The Kier molecular flexibility index (Phi) is 3.58. The van der Waals surface area contributed by atoms with Crippen molar-refractivity contribution in [1.29, 1.82) is 0 Å². The minimum atomic E-state index is 0.658. The van der Waals surface area contributed by atoms with E-state index in [1.165, 1.54) is 45.6 Å². The number of piperazine rings is 1. The molecule has 2 nitrogen and oxygen atoms in total. The van der Waals surface area contributed by atoms with Crippen LogP contribution >= 0.6 is 0 Å². The molecule has 20 heavy (non-hydrogen) atoms. The molecule has 0 atom stereocenters. The molecule has 0 spiro atoms. The van der Waals surface area contributed by atoms with E-state index in [9.17, 15) is 0 Å². The van der Waals surface area contributed by atoms with E-state index in [2.05, 4.69) is 16.7 Å². The van der Waals surface area contributed by atoms with E-state index in [1.54, 1.807) is 38.5 Å². The molecule has 1 aliphatic heterocycles. The van der Waals surface area contributed by atoms with Crippen molar-refractivity contribution in [2.75, 3.05) is 32.7 Å². The van der Waals surface area contributed by atoms with Gasteiger partial charge in [-0.1, -0.05) is 13.3 Å². The van der Waals surface area contributed by atoms with E-state index in [4.69, 9.17) is 0 Å². The highest BCUT2D eigenvalue weighted by atomic mass is 15.3. The largest absolute Gasteiger partial charge is 0.301 e. The van der Waals surface area contributed by atoms with Gasteiger partial charge >= 0.3 is 0 Å². The van der Waals surface area contributed by atoms with Crippen molar-refractivity contribution in [3.63, 3.8) is 0 Å². The van der Waals surface area contributed by atoms with Crippen molar-refractivity contribution in [2.45, 2.75) is 63.8 Å². The predicted octanol–water partition coefficient (Wildman–Crippen LogP) is 3.37. The second kappa shape index (κ2) is 5.28. The second-order valence-electron chi connectivity index (χ2n) is 8.32.